The molecular weight excluding hydrogens is 218 g/mol. The van der Waals surface area contributed by atoms with E-state index in [4.69, 9.17) is 0 Å². The Morgan fingerprint density at radius 3 is 2.47 bits per heavy atom. The highest BCUT2D eigenvalue weighted by atomic mass is 16.6. The fraction of sp³-hybridized carbons (Fsp3) is 0.500. The van der Waals surface area contributed by atoms with Crippen molar-refractivity contribution >= 4 is 11.4 Å². The molecule has 0 radical (unpaired) electrons. The second-order valence-corrected chi connectivity index (χ2v) is 3.83. The zero-order valence-electron chi connectivity index (χ0n) is 10.1. The molecule has 0 fully saturated rings. The first-order valence-electron chi connectivity index (χ1n) is 5.93. The van der Waals surface area contributed by atoms with Crippen molar-refractivity contribution in [2.24, 2.45) is 0 Å². The van der Waals surface area contributed by atoms with Gasteiger partial charge in [0.05, 0.1) is 4.92 Å². The van der Waals surface area contributed by atoms with Gasteiger partial charge in [-0.2, -0.15) is 0 Å². The van der Waals surface area contributed by atoms with Crippen LogP contribution in [0.25, 0.3) is 0 Å². The van der Waals surface area contributed by atoms with E-state index in [1.54, 1.807) is 12.1 Å². The van der Waals surface area contributed by atoms with Gasteiger partial charge in [-0.05, 0) is 25.1 Å². The molecule has 0 saturated carbocycles. The first-order valence-corrected chi connectivity index (χ1v) is 5.93. The van der Waals surface area contributed by atoms with Crippen LogP contribution >= 0.6 is 0 Å². The van der Waals surface area contributed by atoms with Crippen molar-refractivity contribution in [1.29, 1.82) is 0 Å². The van der Waals surface area contributed by atoms with E-state index in [-0.39, 0.29) is 5.69 Å². The minimum atomic E-state index is -0.393. The van der Waals surface area contributed by atoms with E-state index in [2.05, 4.69) is 17.6 Å². The quantitative estimate of drug-likeness (QED) is 0.414. The van der Waals surface area contributed by atoms with Crippen molar-refractivity contribution in [2.45, 2.75) is 19.8 Å². The summed E-state index contributed by atoms with van der Waals surface area (Å²) in [6.45, 7) is 4.92. The van der Waals surface area contributed by atoms with Gasteiger partial charge in [-0.25, -0.2) is 0 Å². The van der Waals surface area contributed by atoms with Crippen LogP contribution in [0.5, 0.6) is 0 Å². The molecule has 0 saturated heterocycles. The maximum atomic E-state index is 10.4. The Hall–Kier alpha value is -1.62. The minimum absolute atomic E-state index is 0.122. The molecule has 0 aromatic heterocycles. The number of non-ortho nitro benzene ring substituents is 1. The molecule has 1 rings (SSSR count). The lowest BCUT2D eigenvalue weighted by Gasteiger charge is -2.07. The van der Waals surface area contributed by atoms with Crippen LogP contribution in [-0.2, 0) is 0 Å². The van der Waals surface area contributed by atoms with E-state index in [1.165, 1.54) is 25.0 Å². The highest BCUT2D eigenvalue weighted by Gasteiger charge is 2.02. The molecule has 5 nitrogen and oxygen atoms in total. The molecule has 17 heavy (non-hydrogen) atoms. The van der Waals surface area contributed by atoms with Crippen LogP contribution in [0.3, 0.4) is 0 Å². The second kappa shape index (κ2) is 7.62. The first kappa shape index (κ1) is 13.4. The fourth-order valence-electron chi connectivity index (χ4n) is 1.42. The molecule has 2 N–H and O–H groups in total. The Balaban J connectivity index is 2.21. The molecule has 0 unspecified atom stereocenters. The lowest BCUT2D eigenvalue weighted by Crippen LogP contribution is -2.23. The van der Waals surface area contributed by atoms with E-state index in [0.717, 1.165) is 25.3 Å². The molecule has 0 amide bonds. The summed E-state index contributed by atoms with van der Waals surface area (Å²) in [4.78, 5) is 10.1. The topological polar surface area (TPSA) is 67.2 Å². The van der Waals surface area contributed by atoms with E-state index < -0.39 is 4.92 Å². The van der Waals surface area contributed by atoms with E-state index in [1.807, 2.05) is 0 Å². The predicted octanol–water partition coefficient (Wildman–Crippen LogP) is 2.40. The Bertz CT molecular complexity index is 338. The van der Waals surface area contributed by atoms with E-state index in [9.17, 15) is 10.1 Å². The smallest absolute Gasteiger partial charge is 0.269 e. The lowest BCUT2D eigenvalue weighted by molar-refractivity contribution is -0.384. The molecule has 0 aliphatic rings. The van der Waals surface area contributed by atoms with Crippen molar-refractivity contribution in [3.63, 3.8) is 0 Å². The van der Waals surface area contributed by atoms with Gasteiger partial charge in [0.15, 0.2) is 0 Å². The summed E-state index contributed by atoms with van der Waals surface area (Å²) in [6.07, 6.45) is 2.39. The summed E-state index contributed by atoms with van der Waals surface area (Å²) >= 11 is 0. The van der Waals surface area contributed by atoms with Crippen molar-refractivity contribution in [1.82, 2.24) is 5.32 Å². The maximum absolute atomic E-state index is 10.4. The SMILES string of the molecule is CCCCNCCNc1ccc([N+](=O)[O-])cc1. The zero-order chi connectivity index (χ0) is 12.5. The van der Waals surface area contributed by atoms with Gasteiger partial charge in [0.1, 0.15) is 0 Å². The lowest BCUT2D eigenvalue weighted by atomic mass is 10.3. The van der Waals surface area contributed by atoms with Crippen molar-refractivity contribution in [3.8, 4) is 0 Å². The predicted molar refractivity (Wildman–Crippen MR) is 69.4 cm³/mol. The number of hydrogen-bond acceptors (Lipinski definition) is 4. The summed E-state index contributed by atoms with van der Waals surface area (Å²) in [5.41, 5.74) is 1.03. The molecule has 1 aromatic carbocycles. The van der Waals surface area contributed by atoms with Crippen LogP contribution in [0.15, 0.2) is 24.3 Å². The molecule has 5 heteroatoms. The summed E-state index contributed by atoms with van der Waals surface area (Å²) in [5.74, 6) is 0. The summed E-state index contributed by atoms with van der Waals surface area (Å²) in [5, 5.41) is 17.0. The van der Waals surface area contributed by atoms with Crippen LogP contribution in [-0.4, -0.2) is 24.6 Å². The molecule has 0 aliphatic heterocycles. The molecule has 94 valence electrons. The van der Waals surface area contributed by atoms with Crippen LogP contribution < -0.4 is 10.6 Å². The number of benzene rings is 1. The molecule has 0 bridgehead atoms. The van der Waals surface area contributed by atoms with Crippen LogP contribution in [0.4, 0.5) is 11.4 Å². The highest BCUT2D eigenvalue weighted by Crippen LogP contribution is 2.14. The second-order valence-electron chi connectivity index (χ2n) is 3.83. The highest BCUT2D eigenvalue weighted by molar-refractivity contribution is 5.48. The zero-order valence-corrected chi connectivity index (χ0v) is 10.1. The van der Waals surface area contributed by atoms with Gasteiger partial charge in [-0.3, -0.25) is 10.1 Å². The molecule has 0 aliphatic carbocycles. The number of rotatable bonds is 8. The Morgan fingerprint density at radius 1 is 1.18 bits per heavy atom. The van der Waals surface area contributed by atoms with Gasteiger partial charge in [-0.1, -0.05) is 13.3 Å². The molecular formula is C12H19N3O2. The molecule has 0 spiro atoms. The Labute approximate surface area is 101 Å². The van der Waals surface area contributed by atoms with Gasteiger partial charge in [0, 0.05) is 30.9 Å². The van der Waals surface area contributed by atoms with Gasteiger partial charge >= 0.3 is 0 Å². The number of nitro groups is 1. The number of anilines is 1. The summed E-state index contributed by atoms with van der Waals surface area (Å²) < 4.78 is 0. The van der Waals surface area contributed by atoms with E-state index in [0.29, 0.717) is 0 Å². The fourth-order valence-corrected chi connectivity index (χ4v) is 1.42. The van der Waals surface area contributed by atoms with Crippen molar-refractivity contribution < 1.29 is 4.92 Å². The minimum Gasteiger partial charge on any atom is -0.384 e. The van der Waals surface area contributed by atoms with E-state index >= 15 is 0 Å². The Kier molecular flexibility index (Phi) is 6.03. The van der Waals surface area contributed by atoms with Crippen LogP contribution in [0.2, 0.25) is 0 Å². The van der Waals surface area contributed by atoms with Crippen LogP contribution in [0.1, 0.15) is 19.8 Å². The van der Waals surface area contributed by atoms with Gasteiger partial charge < -0.3 is 10.6 Å². The standard InChI is InChI=1S/C12H19N3O2/c1-2-3-8-13-9-10-14-11-4-6-12(7-5-11)15(16)17/h4-7,13-14H,2-3,8-10H2,1H3. The monoisotopic (exact) mass is 237 g/mol. The van der Waals surface area contributed by atoms with Crippen molar-refractivity contribution in [2.75, 3.05) is 25.0 Å². The average Bonchev–Trinajstić information content (AvgIpc) is 2.34. The Morgan fingerprint density at radius 2 is 1.88 bits per heavy atom. The normalized spacial score (nSPS) is 10.2. The maximum Gasteiger partial charge on any atom is 0.269 e. The van der Waals surface area contributed by atoms with Gasteiger partial charge in [0.25, 0.3) is 5.69 Å². The third kappa shape index (κ3) is 5.31. The molecule has 0 atom stereocenters. The first-order chi connectivity index (χ1) is 8.24. The molecule has 0 heterocycles. The van der Waals surface area contributed by atoms with Gasteiger partial charge in [-0.15, -0.1) is 0 Å². The average molecular weight is 237 g/mol. The number of unbranched alkanes of at least 4 members (excludes halogenated alkanes) is 1. The number of nitro benzene ring substituents is 1. The van der Waals surface area contributed by atoms with Gasteiger partial charge in [0.2, 0.25) is 0 Å². The summed E-state index contributed by atoms with van der Waals surface area (Å²) in [6, 6.07) is 6.47. The number of nitrogens with zero attached hydrogens (tertiary/aromatic N) is 1. The third-order valence-corrected chi connectivity index (χ3v) is 2.42. The number of hydrogen-bond donors (Lipinski definition) is 2. The largest absolute Gasteiger partial charge is 0.384 e. The molecule has 1 aromatic rings. The van der Waals surface area contributed by atoms with Crippen LogP contribution in [0, 0.1) is 10.1 Å². The third-order valence-electron chi connectivity index (χ3n) is 2.42. The summed E-state index contributed by atoms with van der Waals surface area (Å²) in [7, 11) is 0. The number of nitrogens with one attached hydrogen (secondary N) is 2. The van der Waals surface area contributed by atoms with Crippen molar-refractivity contribution in [3.05, 3.63) is 34.4 Å².